The molecule has 0 amide bonds. The van der Waals surface area contributed by atoms with Crippen LogP contribution >= 0.6 is 0 Å². The van der Waals surface area contributed by atoms with Crippen LogP contribution in [0.4, 0.5) is 13.2 Å². The lowest BCUT2D eigenvalue weighted by Crippen LogP contribution is -2.48. The summed E-state index contributed by atoms with van der Waals surface area (Å²) in [5, 5.41) is 3.30. The maximum Gasteiger partial charge on any atom is 0.436 e. The Bertz CT molecular complexity index is 1260. The fraction of sp³-hybridized carbons (Fsp3) is 0.542. The molecule has 1 aliphatic carbocycles. The summed E-state index contributed by atoms with van der Waals surface area (Å²) in [5.74, 6) is -1.19. The number of hydrogen-bond acceptors (Lipinski definition) is 5. The molecule has 0 bridgehead atoms. The van der Waals surface area contributed by atoms with Gasteiger partial charge in [-0.25, -0.2) is 8.42 Å². The summed E-state index contributed by atoms with van der Waals surface area (Å²) < 4.78 is 68.0. The number of aromatic nitrogens is 2. The quantitative estimate of drug-likeness (QED) is 0.584. The third-order valence-electron chi connectivity index (χ3n) is 7.23. The number of Topliss-reactive ketones (excluding diaryl/α,β-unsaturated/α-hetero) is 2. The summed E-state index contributed by atoms with van der Waals surface area (Å²) in [5.41, 5.74) is 1.45. The van der Waals surface area contributed by atoms with E-state index < -0.39 is 38.1 Å². The molecule has 190 valence electrons. The molecule has 1 aromatic heterocycles. The Hall–Kier alpha value is -2.53. The Labute approximate surface area is 202 Å². The standard InChI is InChI=1S/C24H28F3N3O4S/c1-14-9-15(2)20(16(3)10-14)21-17(31)11-23(12-18(21)32)5-7-30(8-6-23)35(33,34)19-13-29(4)28-22(19)24(25,26)27/h9-10,13,21H,5-8,11-12H2,1-4H3. The van der Waals surface area contributed by atoms with Crippen LogP contribution in [0, 0.1) is 26.2 Å². The molecule has 2 aliphatic rings. The van der Waals surface area contributed by atoms with Gasteiger partial charge in [0.1, 0.15) is 22.4 Å². The molecule has 1 aliphatic heterocycles. The van der Waals surface area contributed by atoms with Gasteiger partial charge in [0, 0.05) is 39.2 Å². The normalized spacial score (nSPS) is 20.1. The van der Waals surface area contributed by atoms with E-state index in [1.807, 2.05) is 32.9 Å². The largest absolute Gasteiger partial charge is 0.436 e. The van der Waals surface area contributed by atoms with E-state index in [1.165, 1.54) is 7.05 Å². The minimum atomic E-state index is -4.91. The molecule has 0 N–H and O–H groups in total. The number of hydrogen-bond donors (Lipinski definition) is 0. The number of ketones is 2. The first-order valence-corrected chi connectivity index (χ1v) is 12.8. The van der Waals surface area contributed by atoms with E-state index >= 15 is 0 Å². The average molecular weight is 512 g/mol. The number of alkyl halides is 3. The second-order valence-corrected chi connectivity index (χ2v) is 11.9. The van der Waals surface area contributed by atoms with E-state index in [-0.39, 0.29) is 50.3 Å². The Morgan fingerprint density at radius 1 is 1.00 bits per heavy atom. The van der Waals surface area contributed by atoms with Crippen molar-refractivity contribution in [2.45, 2.75) is 63.4 Å². The van der Waals surface area contributed by atoms with Gasteiger partial charge in [0.05, 0.1) is 0 Å². The molecule has 4 rings (SSSR count). The number of halogens is 3. The maximum atomic E-state index is 13.4. The number of sulfonamides is 1. The van der Waals surface area contributed by atoms with Gasteiger partial charge in [-0.2, -0.15) is 22.6 Å². The van der Waals surface area contributed by atoms with Crippen molar-refractivity contribution >= 4 is 21.6 Å². The number of carbonyl (C=O) groups excluding carboxylic acids is 2. The highest BCUT2D eigenvalue weighted by molar-refractivity contribution is 7.89. The van der Waals surface area contributed by atoms with Crippen LogP contribution < -0.4 is 0 Å². The molecular formula is C24H28F3N3O4S. The Morgan fingerprint density at radius 2 is 1.51 bits per heavy atom. The van der Waals surface area contributed by atoms with Crippen molar-refractivity contribution in [1.82, 2.24) is 14.1 Å². The zero-order chi connectivity index (χ0) is 25.9. The Kier molecular flexibility index (Phi) is 6.24. The first-order valence-electron chi connectivity index (χ1n) is 11.4. The third-order valence-corrected chi connectivity index (χ3v) is 9.13. The van der Waals surface area contributed by atoms with Crippen molar-refractivity contribution in [3.05, 3.63) is 46.3 Å². The second-order valence-electron chi connectivity index (χ2n) is 9.95. The predicted octanol–water partition coefficient (Wildman–Crippen LogP) is 3.85. The van der Waals surface area contributed by atoms with Crippen molar-refractivity contribution in [2.75, 3.05) is 13.1 Å². The van der Waals surface area contributed by atoms with Crippen LogP contribution in [-0.2, 0) is 32.8 Å². The third kappa shape index (κ3) is 4.55. The lowest BCUT2D eigenvalue weighted by molar-refractivity contribution is -0.144. The van der Waals surface area contributed by atoms with Gasteiger partial charge in [0.15, 0.2) is 5.69 Å². The smallest absolute Gasteiger partial charge is 0.299 e. The van der Waals surface area contributed by atoms with Gasteiger partial charge in [-0.15, -0.1) is 0 Å². The zero-order valence-electron chi connectivity index (χ0n) is 20.1. The zero-order valence-corrected chi connectivity index (χ0v) is 20.9. The van der Waals surface area contributed by atoms with Crippen LogP contribution in [-0.4, -0.2) is 47.2 Å². The number of nitrogens with zero attached hydrogens (tertiary/aromatic N) is 3. The highest BCUT2D eigenvalue weighted by Crippen LogP contribution is 2.47. The van der Waals surface area contributed by atoms with Crippen LogP contribution in [0.15, 0.2) is 23.2 Å². The topological polar surface area (TPSA) is 89.3 Å². The van der Waals surface area contributed by atoms with Crippen LogP contribution in [0.5, 0.6) is 0 Å². The molecule has 7 nitrogen and oxygen atoms in total. The monoisotopic (exact) mass is 511 g/mol. The Balaban J connectivity index is 1.54. The van der Waals surface area contributed by atoms with Crippen molar-refractivity contribution in [3.8, 4) is 0 Å². The second kappa shape index (κ2) is 8.55. The van der Waals surface area contributed by atoms with E-state index in [9.17, 15) is 31.2 Å². The van der Waals surface area contributed by atoms with Gasteiger partial charge in [-0.3, -0.25) is 14.3 Å². The van der Waals surface area contributed by atoms with Crippen molar-refractivity contribution in [3.63, 3.8) is 0 Å². The molecule has 0 atom stereocenters. The van der Waals surface area contributed by atoms with Crippen molar-refractivity contribution < 1.29 is 31.2 Å². The van der Waals surface area contributed by atoms with Gasteiger partial charge in [0.2, 0.25) is 10.0 Å². The van der Waals surface area contributed by atoms with Gasteiger partial charge >= 0.3 is 6.18 Å². The molecule has 0 unspecified atom stereocenters. The predicted molar refractivity (Wildman–Crippen MR) is 121 cm³/mol. The summed E-state index contributed by atoms with van der Waals surface area (Å²) in [6.45, 7) is 5.59. The van der Waals surface area contributed by atoms with Crippen LogP contribution in [0.2, 0.25) is 0 Å². The first-order chi connectivity index (χ1) is 16.1. The minimum absolute atomic E-state index is 0.0671. The molecule has 2 fully saturated rings. The number of piperidine rings is 1. The van der Waals surface area contributed by atoms with E-state index in [0.717, 1.165) is 37.4 Å². The number of aryl methyl sites for hydroxylation is 4. The summed E-state index contributed by atoms with van der Waals surface area (Å²) in [6, 6.07) is 3.90. The summed E-state index contributed by atoms with van der Waals surface area (Å²) in [4.78, 5) is 25.6. The summed E-state index contributed by atoms with van der Waals surface area (Å²) in [7, 11) is -3.22. The van der Waals surface area contributed by atoms with Gasteiger partial charge in [-0.05, 0) is 55.7 Å². The van der Waals surface area contributed by atoms with Gasteiger partial charge in [-0.1, -0.05) is 17.7 Å². The number of carbonyl (C=O) groups is 2. The van der Waals surface area contributed by atoms with Crippen molar-refractivity contribution in [2.24, 2.45) is 12.5 Å². The first kappa shape index (κ1) is 25.6. The summed E-state index contributed by atoms with van der Waals surface area (Å²) >= 11 is 0. The van der Waals surface area contributed by atoms with Crippen LogP contribution in [0.25, 0.3) is 0 Å². The molecule has 1 saturated heterocycles. The highest BCUT2D eigenvalue weighted by atomic mass is 32.2. The van der Waals surface area contributed by atoms with E-state index in [4.69, 9.17) is 0 Å². The van der Waals surface area contributed by atoms with Gasteiger partial charge < -0.3 is 0 Å². The molecule has 2 aromatic rings. The van der Waals surface area contributed by atoms with Crippen molar-refractivity contribution in [1.29, 1.82) is 0 Å². The lowest BCUT2D eigenvalue weighted by Gasteiger charge is -2.44. The molecule has 1 saturated carbocycles. The van der Waals surface area contributed by atoms with E-state index in [0.29, 0.717) is 0 Å². The fourth-order valence-electron chi connectivity index (χ4n) is 5.70. The summed E-state index contributed by atoms with van der Waals surface area (Å²) in [6.07, 6.45) is -3.32. The van der Waals surface area contributed by atoms with E-state index in [1.54, 1.807) is 0 Å². The minimum Gasteiger partial charge on any atom is -0.299 e. The maximum absolute atomic E-state index is 13.4. The number of rotatable bonds is 3. The van der Waals surface area contributed by atoms with Crippen LogP contribution in [0.1, 0.15) is 59.5 Å². The van der Waals surface area contributed by atoms with Crippen LogP contribution in [0.3, 0.4) is 0 Å². The number of benzene rings is 1. The molecule has 35 heavy (non-hydrogen) atoms. The van der Waals surface area contributed by atoms with Gasteiger partial charge in [0.25, 0.3) is 0 Å². The molecule has 1 aromatic carbocycles. The molecule has 2 heterocycles. The highest BCUT2D eigenvalue weighted by Gasteiger charge is 2.50. The average Bonchev–Trinajstić information content (AvgIpc) is 3.13. The fourth-order valence-corrected chi connectivity index (χ4v) is 7.33. The molecule has 1 spiro atoms. The molecule has 0 radical (unpaired) electrons. The van der Waals surface area contributed by atoms with E-state index in [2.05, 4.69) is 5.10 Å². The Morgan fingerprint density at radius 3 is 2.00 bits per heavy atom. The molecular weight excluding hydrogens is 483 g/mol. The molecule has 11 heteroatoms. The lowest BCUT2D eigenvalue weighted by atomic mass is 9.63. The SMILES string of the molecule is Cc1cc(C)c(C2C(=O)CC3(CCN(S(=O)(=O)c4cn(C)nc4C(F)(F)F)CC3)CC2=O)c(C)c1.